The van der Waals surface area contributed by atoms with Gasteiger partial charge in [-0.3, -0.25) is 0 Å². The van der Waals surface area contributed by atoms with Crippen LogP contribution in [-0.4, -0.2) is 37.6 Å². The molecule has 0 aliphatic carbocycles. The Bertz CT molecular complexity index is 207. The monoisotopic (exact) mass is 178 g/mol. The van der Waals surface area contributed by atoms with E-state index in [0.29, 0.717) is 19.5 Å². The predicted octanol–water partition coefficient (Wildman–Crippen LogP) is -0.631. The largest absolute Gasteiger partial charge is 0.329 e. The van der Waals surface area contributed by atoms with Crippen LogP contribution in [0.5, 0.6) is 0 Å². The van der Waals surface area contributed by atoms with Gasteiger partial charge in [0, 0.05) is 19.6 Å². The molecule has 5 heteroatoms. The lowest BCUT2D eigenvalue weighted by atomic mass is 10.3. The second kappa shape index (κ2) is 3.08. The van der Waals surface area contributed by atoms with E-state index in [2.05, 4.69) is 0 Å². The zero-order valence-corrected chi connectivity index (χ0v) is 7.47. The van der Waals surface area contributed by atoms with Crippen LogP contribution in [0.15, 0.2) is 0 Å². The van der Waals surface area contributed by atoms with Crippen molar-refractivity contribution in [3.8, 4) is 0 Å². The first-order chi connectivity index (χ1) is 5.12. The Morgan fingerprint density at radius 1 is 1.64 bits per heavy atom. The summed E-state index contributed by atoms with van der Waals surface area (Å²) in [6.07, 6.45) is 0.687. The molecule has 11 heavy (non-hydrogen) atoms. The molecule has 0 aromatic carbocycles. The van der Waals surface area contributed by atoms with Crippen molar-refractivity contribution in [3.63, 3.8) is 0 Å². The number of sulfonamides is 1. The van der Waals surface area contributed by atoms with Gasteiger partial charge in [0.2, 0.25) is 10.0 Å². The minimum atomic E-state index is -3.02. The Morgan fingerprint density at radius 2 is 2.27 bits per heavy atom. The van der Waals surface area contributed by atoms with Crippen molar-refractivity contribution in [1.29, 1.82) is 0 Å². The summed E-state index contributed by atoms with van der Waals surface area (Å²) in [5.74, 6) is 0. The number of hydrogen-bond donors (Lipinski definition) is 1. The summed E-state index contributed by atoms with van der Waals surface area (Å²) in [7, 11) is -3.02. The van der Waals surface area contributed by atoms with Crippen LogP contribution in [-0.2, 0) is 10.0 Å². The molecule has 1 rings (SSSR count). The van der Waals surface area contributed by atoms with Gasteiger partial charge in [0.15, 0.2) is 0 Å². The van der Waals surface area contributed by atoms with Crippen LogP contribution in [0, 0.1) is 0 Å². The van der Waals surface area contributed by atoms with E-state index < -0.39 is 10.0 Å². The lowest BCUT2D eigenvalue weighted by Crippen LogP contribution is -2.32. The molecular weight excluding hydrogens is 164 g/mol. The highest BCUT2D eigenvalue weighted by Crippen LogP contribution is 2.19. The van der Waals surface area contributed by atoms with Crippen molar-refractivity contribution in [2.45, 2.75) is 18.6 Å². The highest BCUT2D eigenvalue weighted by atomic mass is 32.2. The van der Waals surface area contributed by atoms with Crippen LogP contribution < -0.4 is 5.73 Å². The van der Waals surface area contributed by atoms with Crippen molar-refractivity contribution in [1.82, 2.24) is 4.31 Å². The van der Waals surface area contributed by atoms with Crippen molar-refractivity contribution < 1.29 is 8.42 Å². The van der Waals surface area contributed by atoms with Gasteiger partial charge in [0.1, 0.15) is 0 Å². The molecule has 0 radical (unpaired) electrons. The van der Waals surface area contributed by atoms with Gasteiger partial charge in [-0.2, -0.15) is 0 Å². The average Bonchev–Trinajstić information content (AvgIpc) is 2.24. The first-order valence-electron chi connectivity index (χ1n) is 3.82. The highest BCUT2D eigenvalue weighted by molar-refractivity contribution is 7.90. The van der Waals surface area contributed by atoms with E-state index >= 15 is 0 Å². The first kappa shape index (κ1) is 8.96. The molecule has 66 valence electrons. The molecule has 1 heterocycles. The van der Waals surface area contributed by atoms with Crippen LogP contribution >= 0.6 is 0 Å². The zero-order valence-electron chi connectivity index (χ0n) is 6.66. The molecule has 1 atom stereocenters. The average molecular weight is 178 g/mol. The normalized spacial score (nSPS) is 30.9. The number of hydrogen-bond acceptors (Lipinski definition) is 3. The van der Waals surface area contributed by atoms with Gasteiger partial charge in [-0.15, -0.1) is 0 Å². The van der Waals surface area contributed by atoms with Gasteiger partial charge < -0.3 is 5.73 Å². The fourth-order valence-corrected chi connectivity index (χ4v) is 3.14. The Hall–Kier alpha value is -0.130. The maximum Gasteiger partial charge on any atom is 0.218 e. The SMILES string of the molecule is CCN1CC[C@H](CN)S1(=O)=O. The quantitative estimate of drug-likeness (QED) is 0.612. The van der Waals surface area contributed by atoms with Crippen LogP contribution in [0.25, 0.3) is 0 Å². The van der Waals surface area contributed by atoms with Gasteiger partial charge >= 0.3 is 0 Å². The van der Waals surface area contributed by atoms with Crippen LogP contribution in [0.1, 0.15) is 13.3 Å². The van der Waals surface area contributed by atoms with Crippen molar-refractivity contribution in [2.75, 3.05) is 19.6 Å². The van der Waals surface area contributed by atoms with Gasteiger partial charge in [0.05, 0.1) is 5.25 Å². The minimum absolute atomic E-state index is 0.249. The van der Waals surface area contributed by atoms with E-state index in [1.807, 2.05) is 6.92 Å². The van der Waals surface area contributed by atoms with E-state index in [9.17, 15) is 8.42 Å². The van der Waals surface area contributed by atoms with Crippen LogP contribution in [0.2, 0.25) is 0 Å². The molecule has 1 aliphatic heterocycles. The minimum Gasteiger partial charge on any atom is -0.329 e. The zero-order chi connectivity index (χ0) is 8.48. The molecule has 1 aliphatic rings. The second-order valence-electron chi connectivity index (χ2n) is 2.68. The molecule has 0 saturated carbocycles. The molecule has 0 amide bonds. The number of nitrogens with zero attached hydrogens (tertiary/aromatic N) is 1. The van der Waals surface area contributed by atoms with Crippen LogP contribution in [0.4, 0.5) is 0 Å². The molecule has 0 aromatic rings. The summed E-state index contributed by atoms with van der Waals surface area (Å²) in [5, 5.41) is -0.331. The molecule has 1 fully saturated rings. The Kier molecular flexibility index (Phi) is 2.51. The topological polar surface area (TPSA) is 63.4 Å². The van der Waals surface area contributed by atoms with E-state index in [1.165, 1.54) is 4.31 Å². The van der Waals surface area contributed by atoms with E-state index in [1.54, 1.807) is 0 Å². The predicted molar refractivity (Wildman–Crippen MR) is 43.6 cm³/mol. The lowest BCUT2D eigenvalue weighted by Gasteiger charge is -2.12. The van der Waals surface area contributed by atoms with E-state index in [-0.39, 0.29) is 11.8 Å². The van der Waals surface area contributed by atoms with Gasteiger partial charge in [-0.25, -0.2) is 12.7 Å². The van der Waals surface area contributed by atoms with Gasteiger partial charge in [0.25, 0.3) is 0 Å². The Balaban J connectivity index is 2.81. The van der Waals surface area contributed by atoms with Gasteiger partial charge in [-0.1, -0.05) is 6.92 Å². The fraction of sp³-hybridized carbons (Fsp3) is 1.00. The molecule has 0 spiro atoms. The molecule has 0 unspecified atom stereocenters. The number of nitrogens with two attached hydrogens (primary N) is 1. The molecular formula is C6H14N2O2S. The number of rotatable bonds is 2. The first-order valence-corrected chi connectivity index (χ1v) is 5.32. The molecule has 2 N–H and O–H groups in total. The Morgan fingerprint density at radius 3 is 2.55 bits per heavy atom. The van der Waals surface area contributed by atoms with E-state index in [4.69, 9.17) is 5.73 Å². The maximum atomic E-state index is 11.4. The fourth-order valence-electron chi connectivity index (χ4n) is 1.35. The molecule has 1 saturated heterocycles. The lowest BCUT2D eigenvalue weighted by molar-refractivity contribution is 0.463. The summed E-state index contributed by atoms with van der Waals surface area (Å²) >= 11 is 0. The molecule has 4 nitrogen and oxygen atoms in total. The summed E-state index contributed by atoms with van der Waals surface area (Å²) in [6.45, 7) is 3.30. The van der Waals surface area contributed by atoms with Crippen molar-refractivity contribution in [3.05, 3.63) is 0 Å². The third-order valence-corrected chi connectivity index (χ3v) is 4.53. The standard InChI is InChI=1S/C6H14N2O2S/c1-2-8-4-3-6(5-7)11(8,9)10/h6H,2-5,7H2,1H3/t6-/m1/s1. The van der Waals surface area contributed by atoms with Crippen molar-refractivity contribution >= 4 is 10.0 Å². The third kappa shape index (κ3) is 1.40. The second-order valence-corrected chi connectivity index (χ2v) is 4.90. The summed E-state index contributed by atoms with van der Waals surface area (Å²) < 4.78 is 24.3. The highest BCUT2D eigenvalue weighted by Gasteiger charge is 2.36. The van der Waals surface area contributed by atoms with Crippen LogP contribution in [0.3, 0.4) is 0 Å². The third-order valence-electron chi connectivity index (χ3n) is 2.10. The van der Waals surface area contributed by atoms with Gasteiger partial charge in [-0.05, 0) is 6.42 Å². The Labute approximate surface area is 67.4 Å². The van der Waals surface area contributed by atoms with Crippen molar-refractivity contribution in [2.24, 2.45) is 5.73 Å². The maximum absolute atomic E-state index is 11.4. The summed E-state index contributed by atoms with van der Waals surface area (Å²) in [6, 6.07) is 0. The molecule has 0 aromatic heterocycles. The molecule has 0 bridgehead atoms. The summed E-state index contributed by atoms with van der Waals surface area (Å²) in [5.41, 5.74) is 5.32. The summed E-state index contributed by atoms with van der Waals surface area (Å²) in [4.78, 5) is 0. The van der Waals surface area contributed by atoms with E-state index in [0.717, 1.165) is 0 Å². The smallest absolute Gasteiger partial charge is 0.218 e.